The van der Waals surface area contributed by atoms with Gasteiger partial charge in [0.2, 0.25) is 5.95 Å². The summed E-state index contributed by atoms with van der Waals surface area (Å²) < 4.78 is 31.7. The SMILES string of the molecule is COCCNc1nc(N)nc2c1ncn2[C@H]1C=C[C@@H](CO[P@](=O)(N[C@@H](C)C(=O)O)Oc2ccccc2)C1. The first-order valence-electron chi connectivity index (χ1n) is 11.7. The van der Waals surface area contributed by atoms with Crippen LogP contribution in [0.5, 0.6) is 5.75 Å². The molecule has 4 atom stereocenters. The van der Waals surface area contributed by atoms with E-state index in [4.69, 9.17) is 19.5 Å². The van der Waals surface area contributed by atoms with Crippen molar-refractivity contribution in [3.05, 3.63) is 48.8 Å². The number of aliphatic carboxylic acids is 1. The number of nitrogens with two attached hydrogens (primary N) is 1. The van der Waals surface area contributed by atoms with E-state index in [1.807, 2.05) is 16.7 Å². The molecule has 5 N–H and O–H groups in total. The Hall–Kier alpha value is -3.51. The van der Waals surface area contributed by atoms with Gasteiger partial charge in [-0.05, 0) is 25.5 Å². The second-order valence-electron chi connectivity index (χ2n) is 8.51. The van der Waals surface area contributed by atoms with E-state index in [-0.39, 0.29) is 24.5 Å². The van der Waals surface area contributed by atoms with Crippen LogP contribution >= 0.6 is 7.75 Å². The Kier molecular flexibility index (Phi) is 8.39. The number of para-hydroxylation sites is 1. The molecule has 0 unspecified atom stereocenters. The lowest BCUT2D eigenvalue weighted by atomic mass is 10.1. The number of rotatable bonds is 13. The number of nitrogens with zero attached hydrogens (tertiary/aromatic N) is 4. The van der Waals surface area contributed by atoms with E-state index in [9.17, 15) is 14.5 Å². The number of anilines is 2. The number of nitrogens with one attached hydrogen (secondary N) is 2. The minimum absolute atomic E-state index is 0.0457. The van der Waals surface area contributed by atoms with Gasteiger partial charge in [-0.3, -0.25) is 9.32 Å². The molecule has 3 aromatic rings. The number of nitrogen functional groups attached to an aromatic ring is 1. The summed E-state index contributed by atoms with van der Waals surface area (Å²) in [5.41, 5.74) is 7.11. The van der Waals surface area contributed by atoms with Crippen LogP contribution in [0.3, 0.4) is 0 Å². The lowest BCUT2D eigenvalue weighted by Gasteiger charge is -2.23. The van der Waals surface area contributed by atoms with Gasteiger partial charge in [-0.1, -0.05) is 30.4 Å². The third-order valence-corrected chi connectivity index (χ3v) is 7.34. The third kappa shape index (κ3) is 6.63. The minimum Gasteiger partial charge on any atom is -0.480 e. The van der Waals surface area contributed by atoms with Crippen molar-refractivity contribution in [3.8, 4) is 5.75 Å². The molecule has 0 saturated carbocycles. The van der Waals surface area contributed by atoms with Gasteiger partial charge in [-0.25, -0.2) is 9.55 Å². The van der Waals surface area contributed by atoms with Gasteiger partial charge < -0.3 is 30.0 Å². The number of allylic oxidation sites excluding steroid dienone is 1. The molecule has 2 heterocycles. The normalized spacial score (nSPS) is 19.5. The molecule has 0 bridgehead atoms. The van der Waals surface area contributed by atoms with Crippen molar-refractivity contribution >= 4 is 36.6 Å². The van der Waals surface area contributed by atoms with Crippen molar-refractivity contribution < 1.29 is 28.3 Å². The highest BCUT2D eigenvalue weighted by molar-refractivity contribution is 7.52. The Morgan fingerprint density at radius 1 is 1.30 bits per heavy atom. The van der Waals surface area contributed by atoms with Crippen LogP contribution in [0, 0.1) is 5.92 Å². The van der Waals surface area contributed by atoms with Crippen LogP contribution < -0.4 is 20.7 Å². The average molecular weight is 532 g/mol. The van der Waals surface area contributed by atoms with E-state index >= 15 is 0 Å². The molecule has 0 fully saturated rings. The number of hydrogen-bond donors (Lipinski definition) is 4. The lowest BCUT2D eigenvalue weighted by molar-refractivity contribution is -0.138. The molecule has 198 valence electrons. The summed E-state index contributed by atoms with van der Waals surface area (Å²) in [6.07, 6.45) is 6.23. The van der Waals surface area contributed by atoms with Crippen LogP contribution in [0.4, 0.5) is 11.8 Å². The average Bonchev–Trinajstić information content (AvgIpc) is 3.50. The number of carboxylic acid groups (broad SMARTS) is 1. The monoisotopic (exact) mass is 531 g/mol. The number of carbonyl (C=O) groups is 1. The van der Waals surface area contributed by atoms with Crippen molar-refractivity contribution in [2.24, 2.45) is 5.92 Å². The van der Waals surface area contributed by atoms with Crippen molar-refractivity contribution in [1.82, 2.24) is 24.6 Å². The van der Waals surface area contributed by atoms with Gasteiger partial charge in [-0.15, -0.1) is 0 Å². The van der Waals surface area contributed by atoms with Gasteiger partial charge >= 0.3 is 13.7 Å². The summed E-state index contributed by atoms with van der Waals surface area (Å²) in [7, 11) is -2.38. The van der Waals surface area contributed by atoms with Crippen LogP contribution in [0.25, 0.3) is 11.2 Å². The molecule has 1 aliphatic carbocycles. The standard InChI is InChI=1S/C23H30N7O6P/c1-15(22(31)32)29-37(33,36-18-6-4-3-5-7-18)35-13-16-8-9-17(12-16)30-14-26-19-20(25-10-11-34-2)27-23(24)28-21(19)30/h3-9,14-17H,10-13H2,1-2H3,(H,29,33)(H,31,32)(H3,24,25,27,28)/t15-,16+,17-,37+/m0/s1. The van der Waals surface area contributed by atoms with Crippen LogP contribution in [0.2, 0.25) is 0 Å². The predicted molar refractivity (Wildman–Crippen MR) is 137 cm³/mol. The summed E-state index contributed by atoms with van der Waals surface area (Å²) in [5.74, 6) is -0.347. The van der Waals surface area contributed by atoms with Gasteiger partial charge in [0.15, 0.2) is 17.0 Å². The highest BCUT2D eigenvalue weighted by Crippen LogP contribution is 2.46. The fourth-order valence-electron chi connectivity index (χ4n) is 3.85. The van der Waals surface area contributed by atoms with Crippen LogP contribution in [-0.2, 0) is 18.6 Å². The van der Waals surface area contributed by atoms with Gasteiger partial charge in [0, 0.05) is 19.6 Å². The van der Waals surface area contributed by atoms with E-state index in [0.29, 0.717) is 42.3 Å². The van der Waals surface area contributed by atoms with Crippen molar-refractivity contribution in [2.75, 3.05) is 37.9 Å². The van der Waals surface area contributed by atoms with Crippen molar-refractivity contribution in [1.29, 1.82) is 0 Å². The Labute approximate surface area is 213 Å². The first-order chi connectivity index (χ1) is 17.8. The second kappa shape index (κ2) is 11.7. The fourth-order valence-corrected chi connectivity index (χ4v) is 5.40. The Balaban J connectivity index is 1.45. The number of fused-ring (bicyclic) bond motifs is 1. The fraction of sp³-hybridized carbons (Fsp3) is 0.391. The molecule has 0 spiro atoms. The molecule has 1 aromatic carbocycles. The summed E-state index contributed by atoms with van der Waals surface area (Å²) in [6.45, 7) is 2.45. The highest BCUT2D eigenvalue weighted by Gasteiger charge is 2.33. The molecule has 1 aliphatic rings. The maximum atomic E-state index is 13.4. The van der Waals surface area contributed by atoms with E-state index in [1.165, 1.54) is 6.92 Å². The minimum atomic E-state index is -3.99. The van der Waals surface area contributed by atoms with Crippen molar-refractivity contribution in [3.63, 3.8) is 0 Å². The zero-order chi connectivity index (χ0) is 26.4. The molecule has 0 amide bonds. The zero-order valence-electron chi connectivity index (χ0n) is 20.5. The summed E-state index contributed by atoms with van der Waals surface area (Å²) in [4.78, 5) is 24.4. The first kappa shape index (κ1) is 26.6. The number of carboxylic acids is 1. The van der Waals surface area contributed by atoms with Gasteiger partial charge in [0.25, 0.3) is 0 Å². The Morgan fingerprint density at radius 2 is 2.08 bits per heavy atom. The zero-order valence-corrected chi connectivity index (χ0v) is 21.4. The van der Waals surface area contributed by atoms with Gasteiger partial charge in [0.05, 0.1) is 25.6 Å². The van der Waals surface area contributed by atoms with Crippen LogP contribution in [0.1, 0.15) is 19.4 Å². The summed E-state index contributed by atoms with van der Waals surface area (Å²) in [6, 6.07) is 7.21. The maximum absolute atomic E-state index is 13.4. The number of benzene rings is 1. The largest absolute Gasteiger partial charge is 0.480 e. The Bertz CT molecular complexity index is 1300. The highest BCUT2D eigenvalue weighted by atomic mass is 31.2. The molecule has 14 heteroatoms. The molecule has 4 rings (SSSR count). The van der Waals surface area contributed by atoms with E-state index in [2.05, 4.69) is 25.4 Å². The predicted octanol–water partition coefficient (Wildman–Crippen LogP) is 2.85. The molecule has 2 aromatic heterocycles. The number of hydrogen-bond acceptors (Lipinski definition) is 10. The second-order valence-corrected chi connectivity index (χ2v) is 10.2. The molecular weight excluding hydrogens is 501 g/mol. The third-order valence-electron chi connectivity index (χ3n) is 5.69. The molecule has 0 aliphatic heterocycles. The quantitative estimate of drug-likeness (QED) is 0.144. The molecular formula is C23H30N7O6P. The maximum Gasteiger partial charge on any atom is 0.459 e. The smallest absolute Gasteiger partial charge is 0.459 e. The number of aromatic nitrogens is 4. The topological polar surface area (TPSA) is 176 Å². The summed E-state index contributed by atoms with van der Waals surface area (Å²) in [5, 5.41) is 14.9. The van der Waals surface area contributed by atoms with E-state index < -0.39 is 19.8 Å². The van der Waals surface area contributed by atoms with Crippen LogP contribution in [-0.4, -0.2) is 63.5 Å². The van der Waals surface area contributed by atoms with E-state index in [1.54, 1.807) is 43.8 Å². The molecule has 13 nitrogen and oxygen atoms in total. The molecule has 0 radical (unpaired) electrons. The number of ether oxygens (including phenoxy) is 1. The van der Waals surface area contributed by atoms with Gasteiger partial charge in [-0.2, -0.15) is 15.1 Å². The van der Waals surface area contributed by atoms with E-state index in [0.717, 1.165) is 0 Å². The molecule has 37 heavy (non-hydrogen) atoms. The van der Waals surface area contributed by atoms with Crippen LogP contribution in [0.15, 0.2) is 48.8 Å². The van der Waals surface area contributed by atoms with Gasteiger partial charge in [0.1, 0.15) is 11.8 Å². The molecule has 0 saturated heterocycles. The first-order valence-corrected chi connectivity index (χ1v) is 13.2. The summed E-state index contributed by atoms with van der Waals surface area (Å²) >= 11 is 0. The van der Waals surface area contributed by atoms with Crippen molar-refractivity contribution in [2.45, 2.75) is 25.4 Å². The number of methoxy groups -OCH3 is 1. The Morgan fingerprint density at radius 3 is 2.81 bits per heavy atom. The number of imidazole rings is 1. The lowest BCUT2D eigenvalue weighted by Crippen LogP contribution is -2.33.